The summed E-state index contributed by atoms with van der Waals surface area (Å²) < 4.78 is 0. The van der Waals surface area contributed by atoms with E-state index in [0.717, 1.165) is 12.8 Å². The third kappa shape index (κ3) is 42.4. The molecule has 0 rings (SSSR count). The van der Waals surface area contributed by atoms with Crippen LogP contribution in [0.15, 0.2) is 0 Å². The van der Waals surface area contributed by atoms with E-state index in [1.807, 2.05) is 9.80 Å². The van der Waals surface area contributed by atoms with Gasteiger partial charge in [0.25, 0.3) is 0 Å². The standard InChI is InChI=1S/2C12H27N.C11H23BO2/c2*1-4-7-10-13(11-8-5-2)12-9-6-3;1-2-3-4-5-6-7-8-9-10-11-12(13)14/h2*4-12H2,1-3H3;2-11H2,1H3/q;;-2/p+2. The van der Waals surface area contributed by atoms with Crippen LogP contribution in [0.4, 0.5) is 0 Å². The van der Waals surface area contributed by atoms with Crippen LogP contribution < -0.4 is 19.8 Å². The summed E-state index contributed by atoms with van der Waals surface area (Å²) in [5.41, 5.74) is 0. The minimum atomic E-state index is -1.60. The van der Waals surface area contributed by atoms with Crippen molar-refractivity contribution < 1.29 is 19.8 Å². The third-order valence-electron chi connectivity index (χ3n) is 7.85. The van der Waals surface area contributed by atoms with E-state index in [1.54, 1.807) is 0 Å². The second-order valence-electron chi connectivity index (χ2n) is 12.2. The first-order valence-electron chi connectivity index (χ1n) is 18.5. The Kier molecular flexibility index (Phi) is 45.5. The summed E-state index contributed by atoms with van der Waals surface area (Å²) in [4.78, 5) is 3.68. The van der Waals surface area contributed by atoms with E-state index < -0.39 is 7.12 Å². The summed E-state index contributed by atoms with van der Waals surface area (Å²) in [6.45, 7) is 24.4. The van der Waals surface area contributed by atoms with Crippen molar-refractivity contribution in [3.63, 3.8) is 0 Å². The van der Waals surface area contributed by atoms with Gasteiger partial charge < -0.3 is 19.8 Å². The number of hydrogen-bond acceptors (Lipinski definition) is 2. The summed E-state index contributed by atoms with van der Waals surface area (Å²) in [7, 11) is -1.60. The van der Waals surface area contributed by atoms with Gasteiger partial charge in [-0.15, -0.1) is 13.4 Å². The molecule has 244 valence electrons. The van der Waals surface area contributed by atoms with E-state index in [4.69, 9.17) is 0 Å². The maximum atomic E-state index is 10.2. The Morgan fingerprint density at radius 2 is 0.550 bits per heavy atom. The zero-order valence-electron chi connectivity index (χ0n) is 29.2. The molecule has 0 spiro atoms. The summed E-state index contributed by atoms with van der Waals surface area (Å²) in [5, 5.41) is 20.4. The van der Waals surface area contributed by atoms with Crippen LogP contribution in [-0.4, -0.2) is 46.4 Å². The van der Waals surface area contributed by atoms with Crippen LogP contribution in [0.3, 0.4) is 0 Å². The SMILES string of the molecule is CCCCCCCCCCCB([O-])[O-].CCCC[NH+](CCCC)CCCC.CCCC[NH+](CCCC)CCCC. The molecule has 0 aliphatic carbocycles. The van der Waals surface area contributed by atoms with Gasteiger partial charge in [0.1, 0.15) is 0 Å². The quantitative estimate of drug-likeness (QED) is 0.0861. The van der Waals surface area contributed by atoms with Crippen molar-refractivity contribution in [2.45, 2.75) is 190 Å². The molecule has 0 atom stereocenters. The molecule has 0 aromatic rings. The third-order valence-corrected chi connectivity index (χ3v) is 7.85. The van der Waals surface area contributed by atoms with Gasteiger partial charge >= 0.3 is 0 Å². The smallest absolute Gasteiger partial charge is 0.0770 e. The fourth-order valence-corrected chi connectivity index (χ4v) is 4.93. The molecular weight excluding hydrogens is 491 g/mol. The second-order valence-corrected chi connectivity index (χ2v) is 12.2. The first kappa shape index (κ1) is 44.3. The van der Waals surface area contributed by atoms with Gasteiger partial charge in [-0.1, -0.05) is 145 Å². The van der Waals surface area contributed by atoms with E-state index in [9.17, 15) is 10.0 Å². The molecule has 0 heterocycles. The average Bonchev–Trinajstić information content (AvgIpc) is 2.96. The van der Waals surface area contributed by atoms with Crippen molar-refractivity contribution in [3.05, 3.63) is 0 Å². The molecule has 0 bridgehead atoms. The van der Waals surface area contributed by atoms with Crippen LogP contribution in [-0.2, 0) is 0 Å². The van der Waals surface area contributed by atoms with E-state index in [-0.39, 0.29) is 0 Å². The first-order valence-corrected chi connectivity index (χ1v) is 18.5. The maximum absolute atomic E-state index is 10.2. The molecule has 0 saturated heterocycles. The van der Waals surface area contributed by atoms with Gasteiger partial charge in [0.15, 0.2) is 0 Å². The van der Waals surface area contributed by atoms with E-state index in [2.05, 4.69) is 48.5 Å². The van der Waals surface area contributed by atoms with Gasteiger partial charge in [0, 0.05) is 0 Å². The largest absolute Gasteiger partial charge is 0.893 e. The highest BCUT2D eigenvalue weighted by molar-refractivity contribution is 6.36. The van der Waals surface area contributed by atoms with Crippen molar-refractivity contribution in [2.24, 2.45) is 0 Å². The van der Waals surface area contributed by atoms with E-state index >= 15 is 0 Å². The van der Waals surface area contributed by atoms with Crippen molar-refractivity contribution >= 4 is 7.12 Å². The highest BCUT2D eigenvalue weighted by atomic mass is 16.4. The molecule has 2 N–H and O–H groups in total. The Hall–Kier alpha value is -0.0951. The predicted octanol–water partition coefficient (Wildman–Crippen LogP) is 6.27. The maximum Gasteiger partial charge on any atom is 0.0770 e. The fraction of sp³-hybridized carbons (Fsp3) is 1.00. The molecule has 40 heavy (non-hydrogen) atoms. The van der Waals surface area contributed by atoms with Crippen molar-refractivity contribution in [1.29, 1.82) is 0 Å². The topological polar surface area (TPSA) is 55.0 Å². The molecule has 0 saturated carbocycles. The zero-order chi connectivity index (χ0) is 30.5. The molecule has 0 amide bonds. The molecular formula is C35H79BN2O2. The van der Waals surface area contributed by atoms with E-state index in [1.165, 1.54) is 161 Å². The second kappa shape index (κ2) is 41.0. The molecule has 0 unspecified atom stereocenters. The zero-order valence-corrected chi connectivity index (χ0v) is 29.2. The van der Waals surface area contributed by atoms with Crippen LogP contribution in [0.25, 0.3) is 0 Å². The molecule has 4 nitrogen and oxygen atoms in total. The average molecular weight is 571 g/mol. The Bertz CT molecular complexity index is 351. The lowest BCUT2D eigenvalue weighted by atomic mass is 9.83. The Morgan fingerprint density at radius 3 is 0.775 bits per heavy atom. The number of quaternary nitrogens is 2. The summed E-state index contributed by atoms with van der Waals surface area (Å²) in [6.07, 6.45) is 27.9. The van der Waals surface area contributed by atoms with Crippen LogP contribution in [0.5, 0.6) is 0 Å². The van der Waals surface area contributed by atoms with Gasteiger partial charge in [-0.05, 0) is 38.5 Å². The predicted molar refractivity (Wildman–Crippen MR) is 178 cm³/mol. The summed E-state index contributed by atoms with van der Waals surface area (Å²) >= 11 is 0. The molecule has 0 fully saturated rings. The molecule has 0 aromatic heterocycles. The molecule has 0 aliphatic rings. The normalized spacial score (nSPS) is 10.9. The molecule has 0 aliphatic heterocycles. The Balaban J connectivity index is -0.000000514. The lowest BCUT2D eigenvalue weighted by Gasteiger charge is -2.25. The van der Waals surface area contributed by atoms with Crippen LogP contribution in [0.1, 0.15) is 183 Å². The van der Waals surface area contributed by atoms with Gasteiger partial charge in [-0.3, -0.25) is 0 Å². The number of rotatable bonds is 28. The number of unbranched alkanes of at least 4 members (excludes halogenated alkanes) is 14. The number of hydrogen-bond donors (Lipinski definition) is 2. The first-order chi connectivity index (χ1) is 19.5. The van der Waals surface area contributed by atoms with Gasteiger partial charge in [0.05, 0.1) is 39.3 Å². The molecule has 0 radical (unpaired) electrons. The highest BCUT2D eigenvalue weighted by Gasteiger charge is 2.06. The van der Waals surface area contributed by atoms with Crippen molar-refractivity contribution in [1.82, 2.24) is 0 Å². The molecule has 0 aromatic carbocycles. The highest BCUT2D eigenvalue weighted by Crippen LogP contribution is 2.10. The Labute approximate surface area is 255 Å². The van der Waals surface area contributed by atoms with Gasteiger partial charge in [0.2, 0.25) is 0 Å². The van der Waals surface area contributed by atoms with Crippen molar-refractivity contribution in [2.75, 3.05) is 39.3 Å². The summed E-state index contributed by atoms with van der Waals surface area (Å²) in [5.74, 6) is 0. The monoisotopic (exact) mass is 571 g/mol. The Morgan fingerprint density at radius 1 is 0.325 bits per heavy atom. The lowest BCUT2D eigenvalue weighted by Crippen LogP contribution is -3.12. The number of nitrogens with one attached hydrogen (secondary N) is 2. The van der Waals surface area contributed by atoms with Crippen LogP contribution in [0.2, 0.25) is 6.32 Å². The minimum Gasteiger partial charge on any atom is -0.893 e. The van der Waals surface area contributed by atoms with Gasteiger partial charge in [-0.2, -0.15) is 0 Å². The molecule has 5 heteroatoms. The lowest BCUT2D eigenvalue weighted by molar-refractivity contribution is -0.900. The van der Waals surface area contributed by atoms with Crippen LogP contribution in [0, 0.1) is 0 Å². The van der Waals surface area contributed by atoms with Crippen LogP contribution >= 0.6 is 0 Å². The van der Waals surface area contributed by atoms with E-state index in [0.29, 0.717) is 6.32 Å². The van der Waals surface area contributed by atoms with Crippen molar-refractivity contribution in [3.8, 4) is 0 Å². The van der Waals surface area contributed by atoms with Gasteiger partial charge in [-0.25, -0.2) is 0 Å². The fourth-order valence-electron chi connectivity index (χ4n) is 4.93. The summed E-state index contributed by atoms with van der Waals surface area (Å²) in [6, 6.07) is 0. The minimum absolute atomic E-state index is 0.315.